The van der Waals surface area contributed by atoms with E-state index in [0.717, 1.165) is 5.69 Å². The number of carbonyl (C=O) groups is 1. The van der Waals surface area contributed by atoms with Crippen LogP contribution in [-0.4, -0.2) is 28.1 Å². The number of pyridine rings is 1. The van der Waals surface area contributed by atoms with Crippen LogP contribution in [0.25, 0.3) is 0 Å². The molecule has 2 unspecified atom stereocenters. The number of primary amides is 1. The Balaban J connectivity index is 2.66. The van der Waals surface area contributed by atoms with Gasteiger partial charge in [-0.15, -0.1) is 0 Å². The quantitative estimate of drug-likeness (QED) is 0.687. The molecule has 4 N–H and O–H groups in total. The second-order valence-electron chi connectivity index (χ2n) is 3.92. The first kappa shape index (κ1) is 12.4. The van der Waals surface area contributed by atoms with Gasteiger partial charge < -0.3 is 16.2 Å². The van der Waals surface area contributed by atoms with Crippen LogP contribution in [0.2, 0.25) is 0 Å². The zero-order chi connectivity index (χ0) is 12.1. The van der Waals surface area contributed by atoms with Crippen molar-refractivity contribution in [3.8, 4) is 0 Å². The summed E-state index contributed by atoms with van der Waals surface area (Å²) >= 11 is 0. The summed E-state index contributed by atoms with van der Waals surface area (Å²) < 4.78 is 0. The number of nitrogens with two attached hydrogens (primary N) is 1. The van der Waals surface area contributed by atoms with Crippen LogP contribution in [0.1, 0.15) is 30.8 Å². The highest BCUT2D eigenvalue weighted by Gasteiger charge is 2.07. The van der Waals surface area contributed by atoms with E-state index in [1.807, 2.05) is 6.92 Å². The Morgan fingerprint density at radius 1 is 1.62 bits per heavy atom. The number of rotatable bonds is 5. The molecule has 1 aromatic rings. The van der Waals surface area contributed by atoms with Gasteiger partial charge in [0.05, 0.1) is 6.10 Å². The largest absolute Gasteiger partial charge is 0.393 e. The van der Waals surface area contributed by atoms with E-state index in [2.05, 4.69) is 10.3 Å². The number of nitrogens with zero attached hydrogens (tertiary/aromatic N) is 1. The van der Waals surface area contributed by atoms with Crippen LogP contribution in [0.3, 0.4) is 0 Å². The molecule has 1 amide bonds. The van der Waals surface area contributed by atoms with Gasteiger partial charge in [0.1, 0.15) is 5.69 Å². The van der Waals surface area contributed by atoms with Gasteiger partial charge in [0.2, 0.25) is 0 Å². The number of carbonyl (C=O) groups excluding carboxylic acids is 1. The number of anilines is 1. The average Bonchev–Trinajstić information content (AvgIpc) is 2.16. The first-order valence-corrected chi connectivity index (χ1v) is 5.19. The standard InChI is InChI=1S/C11H17N3O2/c1-7(5-8(2)15)14-9-3-4-13-10(6-9)11(12)16/h3-4,6-8,15H,5H2,1-2H3,(H2,12,16)(H,13,14). The lowest BCUT2D eigenvalue weighted by atomic mass is 10.1. The zero-order valence-corrected chi connectivity index (χ0v) is 9.47. The first-order valence-electron chi connectivity index (χ1n) is 5.19. The van der Waals surface area contributed by atoms with Crippen molar-refractivity contribution in [2.24, 2.45) is 5.73 Å². The summed E-state index contributed by atoms with van der Waals surface area (Å²) in [6.07, 6.45) is 1.80. The third-order valence-corrected chi connectivity index (χ3v) is 2.12. The van der Waals surface area contributed by atoms with E-state index in [0.29, 0.717) is 6.42 Å². The monoisotopic (exact) mass is 223 g/mol. The lowest BCUT2D eigenvalue weighted by Gasteiger charge is -2.16. The molecule has 0 saturated heterocycles. The summed E-state index contributed by atoms with van der Waals surface area (Å²) in [7, 11) is 0. The van der Waals surface area contributed by atoms with Crippen LogP contribution < -0.4 is 11.1 Å². The average molecular weight is 223 g/mol. The van der Waals surface area contributed by atoms with Crippen molar-refractivity contribution in [2.75, 3.05) is 5.32 Å². The van der Waals surface area contributed by atoms with E-state index >= 15 is 0 Å². The molecule has 5 nitrogen and oxygen atoms in total. The number of aromatic nitrogens is 1. The number of aliphatic hydroxyl groups is 1. The molecule has 2 atom stereocenters. The maximum atomic E-state index is 10.9. The number of hydrogen-bond donors (Lipinski definition) is 3. The molecular weight excluding hydrogens is 206 g/mol. The molecular formula is C11H17N3O2. The van der Waals surface area contributed by atoms with Gasteiger partial charge in [0.15, 0.2) is 0 Å². The number of amides is 1. The van der Waals surface area contributed by atoms with Crippen LogP contribution >= 0.6 is 0 Å². The molecule has 1 heterocycles. The van der Waals surface area contributed by atoms with Crippen molar-refractivity contribution < 1.29 is 9.90 Å². The maximum Gasteiger partial charge on any atom is 0.267 e. The smallest absolute Gasteiger partial charge is 0.267 e. The van der Waals surface area contributed by atoms with Crippen molar-refractivity contribution in [3.63, 3.8) is 0 Å². The molecule has 0 aliphatic rings. The molecule has 5 heteroatoms. The van der Waals surface area contributed by atoms with Crippen molar-refractivity contribution in [1.29, 1.82) is 0 Å². The molecule has 88 valence electrons. The van der Waals surface area contributed by atoms with Gasteiger partial charge in [0.25, 0.3) is 5.91 Å². The summed E-state index contributed by atoms with van der Waals surface area (Å²) in [5.74, 6) is -0.549. The minimum Gasteiger partial charge on any atom is -0.393 e. The minimum absolute atomic E-state index is 0.114. The number of nitrogens with one attached hydrogen (secondary N) is 1. The van der Waals surface area contributed by atoms with Gasteiger partial charge in [0, 0.05) is 17.9 Å². The van der Waals surface area contributed by atoms with Gasteiger partial charge in [-0.1, -0.05) is 0 Å². The van der Waals surface area contributed by atoms with E-state index in [9.17, 15) is 9.90 Å². The normalized spacial score (nSPS) is 14.2. The molecule has 0 aromatic carbocycles. The Morgan fingerprint density at radius 2 is 2.31 bits per heavy atom. The fraction of sp³-hybridized carbons (Fsp3) is 0.455. The second-order valence-corrected chi connectivity index (χ2v) is 3.92. The third-order valence-electron chi connectivity index (χ3n) is 2.12. The van der Waals surface area contributed by atoms with E-state index in [4.69, 9.17) is 5.73 Å². The summed E-state index contributed by atoms with van der Waals surface area (Å²) in [5.41, 5.74) is 6.13. The van der Waals surface area contributed by atoms with Crippen molar-refractivity contribution >= 4 is 11.6 Å². The third kappa shape index (κ3) is 3.86. The van der Waals surface area contributed by atoms with E-state index in [1.54, 1.807) is 19.1 Å². The van der Waals surface area contributed by atoms with Crippen LogP contribution in [0, 0.1) is 0 Å². The van der Waals surface area contributed by atoms with E-state index in [1.165, 1.54) is 6.20 Å². The highest BCUT2D eigenvalue weighted by molar-refractivity contribution is 5.91. The SMILES string of the molecule is CC(O)CC(C)Nc1ccnc(C(N)=O)c1. The predicted octanol–water partition coefficient (Wildman–Crippen LogP) is 0.752. The molecule has 0 aliphatic heterocycles. The van der Waals surface area contributed by atoms with Crippen LogP contribution in [0.4, 0.5) is 5.69 Å². The van der Waals surface area contributed by atoms with E-state index in [-0.39, 0.29) is 17.8 Å². The first-order chi connectivity index (χ1) is 7.49. The molecule has 0 bridgehead atoms. The molecule has 0 fully saturated rings. The molecule has 1 rings (SSSR count). The molecule has 0 aliphatic carbocycles. The van der Waals surface area contributed by atoms with Gasteiger partial charge in [-0.05, 0) is 32.4 Å². The highest BCUT2D eigenvalue weighted by atomic mass is 16.3. The summed E-state index contributed by atoms with van der Waals surface area (Å²) in [4.78, 5) is 14.8. The number of hydrogen-bond acceptors (Lipinski definition) is 4. The summed E-state index contributed by atoms with van der Waals surface area (Å²) in [5, 5.41) is 12.4. The highest BCUT2D eigenvalue weighted by Crippen LogP contribution is 2.11. The minimum atomic E-state index is -0.549. The van der Waals surface area contributed by atoms with Crippen molar-refractivity contribution in [1.82, 2.24) is 4.98 Å². The lowest BCUT2D eigenvalue weighted by Crippen LogP contribution is -2.21. The van der Waals surface area contributed by atoms with Crippen LogP contribution in [0.5, 0.6) is 0 Å². The topological polar surface area (TPSA) is 88.2 Å². The van der Waals surface area contributed by atoms with Crippen molar-refractivity contribution in [2.45, 2.75) is 32.4 Å². The number of aliphatic hydroxyl groups excluding tert-OH is 1. The lowest BCUT2D eigenvalue weighted by molar-refractivity contribution is 0.0995. The predicted molar refractivity (Wildman–Crippen MR) is 62.1 cm³/mol. The molecule has 0 saturated carbocycles. The molecule has 0 spiro atoms. The molecule has 1 aromatic heterocycles. The molecule has 16 heavy (non-hydrogen) atoms. The van der Waals surface area contributed by atoms with Gasteiger partial charge in [-0.3, -0.25) is 9.78 Å². The second kappa shape index (κ2) is 5.46. The van der Waals surface area contributed by atoms with Crippen molar-refractivity contribution in [3.05, 3.63) is 24.0 Å². The fourth-order valence-corrected chi connectivity index (χ4v) is 1.51. The van der Waals surface area contributed by atoms with Crippen LogP contribution in [-0.2, 0) is 0 Å². The Labute approximate surface area is 94.7 Å². The summed E-state index contributed by atoms with van der Waals surface area (Å²) in [6, 6.07) is 3.47. The summed E-state index contributed by atoms with van der Waals surface area (Å²) in [6.45, 7) is 3.69. The fourth-order valence-electron chi connectivity index (χ4n) is 1.51. The Bertz CT molecular complexity index is 366. The van der Waals surface area contributed by atoms with E-state index < -0.39 is 5.91 Å². The molecule has 0 radical (unpaired) electrons. The Kier molecular flexibility index (Phi) is 4.25. The van der Waals surface area contributed by atoms with Gasteiger partial charge in [-0.2, -0.15) is 0 Å². The maximum absolute atomic E-state index is 10.9. The van der Waals surface area contributed by atoms with Gasteiger partial charge in [-0.25, -0.2) is 0 Å². The Hall–Kier alpha value is -1.62. The van der Waals surface area contributed by atoms with Crippen LogP contribution in [0.15, 0.2) is 18.3 Å². The zero-order valence-electron chi connectivity index (χ0n) is 9.47. The Morgan fingerprint density at radius 3 is 2.88 bits per heavy atom. The van der Waals surface area contributed by atoms with Gasteiger partial charge >= 0.3 is 0 Å².